The Labute approximate surface area is 113 Å². The van der Waals surface area contributed by atoms with Gasteiger partial charge >= 0.3 is 0 Å². The largest absolute Gasteiger partial charge is 0.330 e. The molecule has 0 spiro atoms. The quantitative estimate of drug-likeness (QED) is 0.795. The summed E-state index contributed by atoms with van der Waals surface area (Å²) in [4.78, 5) is 11.6. The van der Waals surface area contributed by atoms with Gasteiger partial charge in [0, 0.05) is 36.7 Å². The predicted octanol–water partition coefficient (Wildman–Crippen LogP) is 2.10. The van der Waals surface area contributed by atoms with Crippen LogP contribution in [0.4, 0.5) is 0 Å². The van der Waals surface area contributed by atoms with Crippen LogP contribution >= 0.6 is 0 Å². The molecule has 0 fully saturated rings. The Bertz CT molecular complexity index is 657. The van der Waals surface area contributed by atoms with Gasteiger partial charge in [-0.1, -0.05) is 12.1 Å². The van der Waals surface area contributed by atoms with E-state index in [0.29, 0.717) is 0 Å². The molecule has 19 heavy (non-hydrogen) atoms. The summed E-state index contributed by atoms with van der Waals surface area (Å²) in [6.45, 7) is 5.55. The number of nitrogens with zero attached hydrogens (tertiary/aromatic N) is 2. The molecule has 1 aliphatic heterocycles. The molecule has 0 saturated heterocycles. The zero-order valence-corrected chi connectivity index (χ0v) is 11.7. The van der Waals surface area contributed by atoms with Gasteiger partial charge in [0.05, 0.1) is 12.2 Å². The molecule has 2 heterocycles. The van der Waals surface area contributed by atoms with Crippen molar-refractivity contribution in [1.82, 2.24) is 15.0 Å². The fourth-order valence-electron chi connectivity index (χ4n) is 2.91. The summed E-state index contributed by atoms with van der Waals surface area (Å²) in [5.74, 6) is 0.121. The minimum absolute atomic E-state index is 0.121. The lowest BCUT2D eigenvalue weighted by atomic mass is 10.1. The van der Waals surface area contributed by atoms with Gasteiger partial charge in [-0.15, -0.1) is 0 Å². The van der Waals surface area contributed by atoms with Gasteiger partial charge in [0.2, 0.25) is 0 Å². The molecule has 2 aromatic rings. The third-order valence-electron chi connectivity index (χ3n) is 3.95. The Kier molecular flexibility index (Phi) is 2.92. The maximum atomic E-state index is 11.6. The number of Topliss-reactive ketones (excluding diaryl/α,β-unsaturated/α-hetero) is 1. The first-order valence-corrected chi connectivity index (χ1v) is 6.65. The standard InChI is InChI=1S/C15H19N3O/c1-10-13-5-4-12(11(2)19)8-15(13)18-9-17(3)16-7-6-14(10)18/h4-5,8,16H,6-7,9H2,1-3H3. The van der Waals surface area contributed by atoms with E-state index in [-0.39, 0.29) is 5.78 Å². The first-order valence-electron chi connectivity index (χ1n) is 6.65. The SMILES string of the molecule is CC(=O)c1ccc2c(C)c3n(c2c1)CN(C)NCC3. The minimum atomic E-state index is 0.121. The number of rotatable bonds is 1. The normalized spacial score (nSPS) is 16.4. The van der Waals surface area contributed by atoms with E-state index in [1.54, 1.807) is 6.92 Å². The zero-order valence-electron chi connectivity index (χ0n) is 11.7. The van der Waals surface area contributed by atoms with E-state index in [1.807, 2.05) is 19.2 Å². The second kappa shape index (κ2) is 4.47. The number of hydrogen-bond acceptors (Lipinski definition) is 3. The first-order chi connectivity index (χ1) is 9.08. The molecule has 100 valence electrons. The highest BCUT2D eigenvalue weighted by atomic mass is 16.1. The lowest BCUT2D eigenvalue weighted by Crippen LogP contribution is -2.34. The van der Waals surface area contributed by atoms with Crippen LogP contribution in [-0.4, -0.2) is 29.0 Å². The average molecular weight is 257 g/mol. The smallest absolute Gasteiger partial charge is 0.159 e. The van der Waals surface area contributed by atoms with E-state index in [2.05, 4.69) is 28.0 Å². The van der Waals surface area contributed by atoms with Crippen molar-refractivity contribution in [2.45, 2.75) is 26.9 Å². The van der Waals surface area contributed by atoms with Gasteiger partial charge < -0.3 is 4.57 Å². The molecule has 0 atom stereocenters. The molecule has 0 radical (unpaired) electrons. The molecule has 1 N–H and O–H groups in total. The van der Waals surface area contributed by atoms with Crippen molar-refractivity contribution >= 4 is 16.7 Å². The van der Waals surface area contributed by atoms with Crippen LogP contribution in [0, 0.1) is 6.92 Å². The Hall–Kier alpha value is -1.65. The van der Waals surface area contributed by atoms with Crippen molar-refractivity contribution < 1.29 is 4.79 Å². The number of fused-ring (bicyclic) bond motifs is 3. The maximum Gasteiger partial charge on any atom is 0.159 e. The van der Waals surface area contributed by atoms with Crippen molar-refractivity contribution in [2.24, 2.45) is 0 Å². The van der Waals surface area contributed by atoms with Gasteiger partial charge in [0.1, 0.15) is 0 Å². The Balaban J connectivity index is 2.26. The Morgan fingerprint density at radius 2 is 2.16 bits per heavy atom. The predicted molar refractivity (Wildman–Crippen MR) is 76.1 cm³/mol. The third-order valence-corrected chi connectivity index (χ3v) is 3.95. The molecule has 0 amide bonds. The molecular formula is C15H19N3O. The summed E-state index contributed by atoms with van der Waals surface area (Å²) in [6.07, 6.45) is 1.01. The number of carbonyl (C=O) groups is 1. The van der Waals surface area contributed by atoms with Crippen LogP contribution in [0.25, 0.3) is 10.9 Å². The van der Waals surface area contributed by atoms with E-state index in [1.165, 1.54) is 16.6 Å². The second-order valence-electron chi connectivity index (χ2n) is 5.29. The fourth-order valence-corrected chi connectivity index (χ4v) is 2.91. The highest BCUT2D eigenvalue weighted by Crippen LogP contribution is 2.28. The van der Waals surface area contributed by atoms with E-state index >= 15 is 0 Å². The van der Waals surface area contributed by atoms with Crippen LogP contribution < -0.4 is 5.43 Å². The van der Waals surface area contributed by atoms with Gasteiger partial charge in [-0.25, -0.2) is 5.01 Å². The molecule has 3 rings (SSSR count). The molecule has 0 unspecified atom stereocenters. The number of hydrogen-bond donors (Lipinski definition) is 1. The van der Waals surface area contributed by atoms with Crippen LogP contribution in [0.1, 0.15) is 28.5 Å². The molecule has 0 bridgehead atoms. The highest BCUT2D eigenvalue weighted by molar-refractivity contribution is 5.98. The second-order valence-corrected chi connectivity index (χ2v) is 5.29. The number of benzene rings is 1. The summed E-state index contributed by atoms with van der Waals surface area (Å²) < 4.78 is 2.32. The van der Waals surface area contributed by atoms with Crippen molar-refractivity contribution in [1.29, 1.82) is 0 Å². The molecule has 1 aromatic carbocycles. The first kappa shape index (κ1) is 12.4. The van der Waals surface area contributed by atoms with Gasteiger partial charge in [0.25, 0.3) is 0 Å². The summed E-state index contributed by atoms with van der Waals surface area (Å²) in [7, 11) is 2.05. The van der Waals surface area contributed by atoms with Gasteiger partial charge in [-0.05, 0) is 25.5 Å². The Morgan fingerprint density at radius 3 is 2.89 bits per heavy atom. The average Bonchev–Trinajstić information content (AvgIpc) is 2.54. The van der Waals surface area contributed by atoms with E-state index in [0.717, 1.165) is 30.7 Å². The van der Waals surface area contributed by atoms with Gasteiger partial charge in [0.15, 0.2) is 5.78 Å². The molecule has 0 aliphatic carbocycles. The minimum Gasteiger partial charge on any atom is -0.330 e. The Morgan fingerprint density at radius 1 is 1.37 bits per heavy atom. The number of carbonyl (C=O) groups excluding carboxylic acids is 1. The number of hydrazine groups is 1. The van der Waals surface area contributed by atoms with Crippen LogP contribution in [0.2, 0.25) is 0 Å². The lowest BCUT2D eigenvalue weighted by molar-refractivity contribution is 0.101. The van der Waals surface area contributed by atoms with Gasteiger partial charge in [-0.2, -0.15) is 0 Å². The summed E-state index contributed by atoms with van der Waals surface area (Å²) in [6, 6.07) is 6.03. The molecular weight excluding hydrogens is 238 g/mol. The number of aromatic nitrogens is 1. The van der Waals surface area contributed by atoms with E-state index in [9.17, 15) is 4.79 Å². The molecule has 4 nitrogen and oxygen atoms in total. The molecule has 1 aliphatic rings. The van der Waals surface area contributed by atoms with Gasteiger partial charge in [-0.3, -0.25) is 10.2 Å². The fraction of sp³-hybridized carbons (Fsp3) is 0.400. The molecule has 4 heteroatoms. The maximum absolute atomic E-state index is 11.6. The van der Waals surface area contributed by atoms with E-state index < -0.39 is 0 Å². The number of ketones is 1. The van der Waals surface area contributed by atoms with Crippen molar-refractivity contribution in [3.63, 3.8) is 0 Å². The molecule has 1 aromatic heterocycles. The van der Waals surface area contributed by atoms with Crippen molar-refractivity contribution in [2.75, 3.05) is 13.6 Å². The lowest BCUT2D eigenvalue weighted by Gasteiger charge is -2.16. The van der Waals surface area contributed by atoms with Crippen molar-refractivity contribution in [3.8, 4) is 0 Å². The summed E-state index contributed by atoms with van der Waals surface area (Å²) >= 11 is 0. The topological polar surface area (TPSA) is 37.3 Å². The van der Waals surface area contributed by atoms with Crippen LogP contribution in [-0.2, 0) is 13.1 Å². The monoisotopic (exact) mass is 257 g/mol. The molecule has 0 saturated carbocycles. The van der Waals surface area contributed by atoms with Crippen LogP contribution in [0.5, 0.6) is 0 Å². The zero-order chi connectivity index (χ0) is 13.6. The third kappa shape index (κ3) is 1.97. The summed E-state index contributed by atoms with van der Waals surface area (Å²) in [5.41, 5.74) is 8.00. The highest BCUT2D eigenvalue weighted by Gasteiger charge is 2.18. The van der Waals surface area contributed by atoms with E-state index in [4.69, 9.17) is 0 Å². The van der Waals surface area contributed by atoms with Crippen LogP contribution in [0.3, 0.4) is 0 Å². The van der Waals surface area contributed by atoms with Crippen molar-refractivity contribution in [3.05, 3.63) is 35.0 Å². The van der Waals surface area contributed by atoms with Crippen LogP contribution in [0.15, 0.2) is 18.2 Å². The summed E-state index contributed by atoms with van der Waals surface area (Å²) in [5, 5.41) is 3.35. The number of nitrogens with one attached hydrogen (secondary N) is 1. The number of aryl methyl sites for hydroxylation is 1.